The minimum atomic E-state index is -5.11. The Kier molecular flexibility index (Phi) is 9.17. The smallest absolute Gasteiger partial charge is 0.444 e. The number of rotatable bonds is 5. The van der Waals surface area contributed by atoms with E-state index in [-0.39, 0.29) is 35.2 Å². The van der Waals surface area contributed by atoms with Crippen molar-refractivity contribution in [1.29, 1.82) is 0 Å². The van der Waals surface area contributed by atoms with Gasteiger partial charge in [-0.1, -0.05) is 29.8 Å². The summed E-state index contributed by atoms with van der Waals surface area (Å²) in [5.74, 6) is -2.91. The zero-order valence-electron chi connectivity index (χ0n) is 23.3. The molecule has 0 aliphatic carbocycles. The van der Waals surface area contributed by atoms with Crippen molar-refractivity contribution < 1.29 is 36.7 Å². The first-order valence-electron chi connectivity index (χ1n) is 13.2. The van der Waals surface area contributed by atoms with Crippen LogP contribution >= 0.6 is 11.6 Å². The van der Waals surface area contributed by atoms with Crippen molar-refractivity contribution in [3.05, 3.63) is 70.5 Å². The molecule has 2 saturated heterocycles. The molecule has 2 bridgehead atoms. The van der Waals surface area contributed by atoms with Gasteiger partial charge in [0.05, 0.1) is 12.1 Å². The standard InChI is InChI=1S/C29H31ClF4N4O4/c1-28(2,3)42-27(41)37-16-22-14-36(13-18-4-9-21(31)10-5-18)15-23(17-37)38(22)25(39)11-7-19-6-8-20(30)12-24(19)35-26(40)29(32,33)34/h4-12,22-23H,13-17H2,1-3H3,(H,35,40). The first kappa shape index (κ1) is 31.3. The van der Waals surface area contributed by atoms with Gasteiger partial charge in [0.25, 0.3) is 0 Å². The van der Waals surface area contributed by atoms with Crippen LogP contribution < -0.4 is 5.32 Å². The molecular weight excluding hydrogens is 580 g/mol. The van der Waals surface area contributed by atoms with E-state index in [0.29, 0.717) is 19.6 Å². The highest BCUT2D eigenvalue weighted by molar-refractivity contribution is 6.31. The Hall–Kier alpha value is -3.64. The molecule has 0 spiro atoms. The molecule has 2 unspecified atom stereocenters. The van der Waals surface area contributed by atoms with Crippen molar-refractivity contribution in [3.63, 3.8) is 0 Å². The normalized spacial score (nSPS) is 19.6. The lowest BCUT2D eigenvalue weighted by atomic mass is 9.99. The highest BCUT2D eigenvalue weighted by Crippen LogP contribution is 2.28. The van der Waals surface area contributed by atoms with E-state index in [4.69, 9.17) is 16.3 Å². The summed E-state index contributed by atoms with van der Waals surface area (Å²) in [6.07, 6.45) is -3.05. The minimum Gasteiger partial charge on any atom is -0.444 e. The van der Waals surface area contributed by atoms with Gasteiger partial charge in [0.2, 0.25) is 5.91 Å². The van der Waals surface area contributed by atoms with Crippen LogP contribution in [0.25, 0.3) is 6.08 Å². The van der Waals surface area contributed by atoms with Gasteiger partial charge in [-0.25, -0.2) is 9.18 Å². The van der Waals surface area contributed by atoms with Gasteiger partial charge in [0, 0.05) is 49.5 Å². The molecule has 3 amide bonds. The number of benzene rings is 2. The Morgan fingerprint density at radius 3 is 2.19 bits per heavy atom. The van der Waals surface area contributed by atoms with Crippen LogP contribution in [0.4, 0.5) is 28.0 Å². The second-order valence-corrected chi connectivity index (χ2v) is 11.7. The Bertz CT molecular complexity index is 1340. The molecule has 8 nitrogen and oxygen atoms in total. The van der Waals surface area contributed by atoms with Crippen LogP contribution in [0.1, 0.15) is 31.9 Å². The van der Waals surface area contributed by atoms with Crippen LogP contribution in [0, 0.1) is 5.82 Å². The quantitative estimate of drug-likeness (QED) is 0.366. The van der Waals surface area contributed by atoms with Crippen LogP contribution in [0.3, 0.4) is 0 Å². The van der Waals surface area contributed by atoms with Crippen LogP contribution in [0.15, 0.2) is 48.5 Å². The average Bonchev–Trinajstić information content (AvgIpc) is 2.87. The summed E-state index contributed by atoms with van der Waals surface area (Å²) < 4.78 is 57.5. The molecule has 0 aromatic heterocycles. The zero-order valence-corrected chi connectivity index (χ0v) is 24.0. The molecule has 1 N–H and O–H groups in total. The maximum Gasteiger partial charge on any atom is 0.471 e. The molecule has 13 heteroatoms. The fourth-order valence-corrected chi connectivity index (χ4v) is 5.23. The number of amides is 3. The molecule has 2 aliphatic rings. The maximum absolute atomic E-state index is 13.5. The van der Waals surface area contributed by atoms with E-state index in [0.717, 1.165) is 11.6 Å². The number of ether oxygens (including phenoxy) is 1. The third kappa shape index (κ3) is 8.01. The fraction of sp³-hybridized carbons (Fsp3) is 0.414. The molecule has 2 aromatic rings. The van der Waals surface area contributed by atoms with Crippen molar-refractivity contribution >= 4 is 41.3 Å². The Morgan fingerprint density at radius 1 is 1.00 bits per heavy atom. The Labute approximate surface area is 245 Å². The summed E-state index contributed by atoms with van der Waals surface area (Å²) >= 11 is 5.92. The van der Waals surface area contributed by atoms with E-state index in [9.17, 15) is 31.9 Å². The number of carbonyl (C=O) groups excluding carboxylic acids is 3. The van der Waals surface area contributed by atoms with Gasteiger partial charge in [0.1, 0.15) is 11.4 Å². The lowest BCUT2D eigenvalue weighted by Gasteiger charge is -2.52. The highest BCUT2D eigenvalue weighted by Gasteiger charge is 2.44. The first-order valence-corrected chi connectivity index (χ1v) is 13.6. The number of nitrogens with zero attached hydrogens (tertiary/aromatic N) is 3. The number of piperazine rings is 2. The van der Waals surface area contributed by atoms with Crippen LogP contribution in [0.2, 0.25) is 5.02 Å². The molecule has 0 saturated carbocycles. The number of nitrogens with one attached hydrogen (secondary N) is 1. The SMILES string of the molecule is CC(C)(C)OC(=O)N1CC2CN(Cc3ccc(F)cc3)CC(C1)N2C(=O)C=Cc1ccc(Cl)cc1NC(=O)C(F)(F)F. The van der Waals surface area contributed by atoms with Gasteiger partial charge in [-0.2, -0.15) is 13.2 Å². The van der Waals surface area contributed by atoms with Gasteiger partial charge < -0.3 is 19.9 Å². The molecule has 4 rings (SSSR count). The number of anilines is 1. The Balaban J connectivity index is 1.54. The number of hydrogen-bond donors (Lipinski definition) is 1. The summed E-state index contributed by atoms with van der Waals surface area (Å²) in [6.45, 7) is 7.07. The predicted octanol–water partition coefficient (Wildman–Crippen LogP) is 5.33. The molecule has 2 aliphatic heterocycles. The third-order valence-corrected chi connectivity index (χ3v) is 6.97. The van der Waals surface area contributed by atoms with E-state index in [2.05, 4.69) is 4.90 Å². The third-order valence-electron chi connectivity index (χ3n) is 6.74. The molecule has 42 heavy (non-hydrogen) atoms. The molecule has 0 radical (unpaired) electrons. The van der Waals surface area contributed by atoms with E-state index in [1.807, 2.05) is 0 Å². The molecule has 2 aromatic carbocycles. The summed E-state index contributed by atoms with van der Waals surface area (Å²) in [4.78, 5) is 43.3. The molecule has 226 valence electrons. The van der Waals surface area contributed by atoms with E-state index < -0.39 is 41.8 Å². The van der Waals surface area contributed by atoms with Gasteiger partial charge in [-0.15, -0.1) is 0 Å². The fourth-order valence-electron chi connectivity index (χ4n) is 5.05. The van der Waals surface area contributed by atoms with E-state index >= 15 is 0 Å². The largest absolute Gasteiger partial charge is 0.471 e. The number of fused-ring (bicyclic) bond motifs is 2. The number of carbonyl (C=O) groups is 3. The van der Waals surface area contributed by atoms with Gasteiger partial charge in [-0.05, 0) is 62.2 Å². The van der Waals surface area contributed by atoms with Gasteiger partial charge >= 0.3 is 18.2 Å². The van der Waals surface area contributed by atoms with E-state index in [1.165, 1.54) is 36.4 Å². The second kappa shape index (κ2) is 12.3. The van der Waals surface area contributed by atoms with Crippen LogP contribution in [-0.2, 0) is 20.9 Å². The summed E-state index contributed by atoms with van der Waals surface area (Å²) in [5, 5.41) is 1.89. The van der Waals surface area contributed by atoms with Gasteiger partial charge in [-0.3, -0.25) is 14.5 Å². The number of halogens is 5. The monoisotopic (exact) mass is 610 g/mol. The minimum absolute atomic E-state index is 0.102. The first-order chi connectivity index (χ1) is 19.6. The molecule has 2 atom stereocenters. The predicted molar refractivity (Wildman–Crippen MR) is 149 cm³/mol. The van der Waals surface area contributed by atoms with Crippen LogP contribution in [-0.4, -0.2) is 82.6 Å². The second-order valence-electron chi connectivity index (χ2n) is 11.3. The molecule has 2 fully saturated rings. The number of alkyl halides is 3. The Morgan fingerprint density at radius 2 is 1.62 bits per heavy atom. The molecule has 2 heterocycles. The van der Waals surface area contributed by atoms with Crippen molar-refractivity contribution in [2.45, 2.75) is 51.2 Å². The van der Waals surface area contributed by atoms with E-state index in [1.54, 1.807) is 48.0 Å². The lowest BCUT2D eigenvalue weighted by Crippen LogP contribution is -2.70. The van der Waals surface area contributed by atoms with Crippen molar-refractivity contribution in [1.82, 2.24) is 14.7 Å². The zero-order chi connectivity index (χ0) is 30.8. The summed E-state index contributed by atoms with van der Waals surface area (Å²) in [6, 6.07) is 9.30. The maximum atomic E-state index is 13.5. The highest BCUT2D eigenvalue weighted by atomic mass is 35.5. The average molecular weight is 611 g/mol. The van der Waals surface area contributed by atoms with Crippen LogP contribution in [0.5, 0.6) is 0 Å². The van der Waals surface area contributed by atoms with Crippen molar-refractivity contribution in [3.8, 4) is 0 Å². The molecular formula is C29H31ClF4N4O4. The van der Waals surface area contributed by atoms with Crippen molar-refractivity contribution in [2.75, 3.05) is 31.5 Å². The van der Waals surface area contributed by atoms with Crippen molar-refractivity contribution in [2.24, 2.45) is 0 Å². The number of hydrogen-bond acceptors (Lipinski definition) is 5. The topological polar surface area (TPSA) is 82.2 Å². The summed E-state index contributed by atoms with van der Waals surface area (Å²) in [7, 11) is 0. The summed E-state index contributed by atoms with van der Waals surface area (Å²) in [5.41, 5.74) is 0.151. The lowest BCUT2D eigenvalue weighted by molar-refractivity contribution is -0.167. The van der Waals surface area contributed by atoms with Gasteiger partial charge in [0.15, 0.2) is 0 Å².